The smallest absolute Gasteiger partial charge is 0.0132 e. The Morgan fingerprint density at radius 3 is 1.81 bits per heavy atom. The fourth-order valence-electron chi connectivity index (χ4n) is 4.78. The van der Waals surface area contributed by atoms with E-state index < -0.39 is 0 Å². The van der Waals surface area contributed by atoms with Crippen molar-refractivity contribution in [1.82, 2.24) is 0 Å². The molecule has 0 saturated carbocycles. The molecule has 0 fully saturated rings. The third-order valence-corrected chi connectivity index (χ3v) is 9.74. The largest absolute Gasteiger partial charge is 0.273 e. The van der Waals surface area contributed by atoms with E-state index in [0.717, 1.165) is 21.8 Å². The molecule has 0 saturated heterocycles. The van der Waals surface area contributed by atoms with Gasteiger partial charge in [-0.15, -0.1) is 12.0 Å². The molecule has 0 radical (unpaired) electrons. The number of hydrogen-bond donors (Lipinski definition) is 0. The molecular weight excluding hydrogens is 719 g/mol. The summed E-state index contributed by atoms with van der Waals surface area (Å²) in [5.41, 5.74) is 11.3. The molecule has 4 aromatic carbocycles. The van der Waals surface area contributed by atoms with E-state index in [2.05, 4.69) is 158 Å². The van der Waals surface area contributed by atoms with Gasteiger partial charge in [-0.1, -0.05) is 76.3 Å². The van der Waals surface area contributed by atoms with Gasteiger partial charge in [0.2, 0.25) is 0 Å². The molecule has 2 aliphatic carbocycles. The van der Waals surface area contributed by atoms with Gasteiger partial charge in [-0.3, -0.25) is 6.08 Å². The van der Waals surface area contributed by atoms with E-state index in [0.29, 0.717) is 0 Å². The third kappa shape index (κ3) is 8.81. The van der Waals surface area contributed by atoms with Crippen LogP contribution in [0.5, 0.6) is 0 Å². The van der Waals surface area contributed by atoms with E-state index in [1.807, 2.05) is 24.3 Å². The second-order valence-corrected chi connectivity index (χ2v) is 15.8. The zero-order valence-corrected chi connectivity index (χ0v) is 31.0. The molecule has 0 unspecified atom stereocenters. The van der Waals surface area contributed by atoms with Crippen molar-refractivity contribution >= 4 is 35.1 Å². The van der Waals surface area contributed by atoms with Crippen molar-refractivity contribution in [2.75, 3.05) is 0 Å². The van der Waals surface area contributed by atoms with Gasteiger partial charge in [-0.2, -0.15) is 35.4 Å². The minimum atomic E-state index is 0.177. The van der Waals surface area contributed by atoms with Crippen LogP contribution in [-0.2, 0) is 41.5 Å². The summed E-state index contributed by atoms with van der Waals surface area (Å²) in [6.45, 7) is 13.6. The van der Waals surface area contributed by atoms with Crippen LogP contribution in [0.4, 0.5) is 0 Å². The van der Waals surface area contributed by atoms with Crippen molar-refractivity contribution in [3.63, 3.8) is 0 Å². The van der Waals surface area contributed by atoms with Crippen molar-refractivity contribution in [3.8, 4) is 11.1 Å². The van der Waals surface area contributed by atoms with Crippen molar-refractivity contribution in [2.45, 2.75) is 65.2 Å². The summed E-state index contributed by atoms with van der Waals surface area (Å²) in [7, 11) is 0. The van der Waals surface area contributed by atoms with Crippen molar-refractivity contribution < 1.29 is 24.2 Å². The fourth-order valence-corrected chi connectivity index (χ4v) is 6.34. The summed E-state index contributed by atoms with van der Waals surface area (Å²) in [4.78, 5) is 0. The molecular formula is C39H38Br2Zr. The minimum absolute atomic E-state index is 0.177. The first-order valence-electron chi connectivity index (χ1n) is 14.3. The van der Waals surface area contributed by atoms with Crippen LogP contribution in [0.1, 0.15) is 81.3 Å². The molecule has 0 heterocycles. The quantitative estimate of drug-likeness (QED) is 0.157. The summed E-state index contributed by atoms with van der Waals surface area (Å²) < 4.78 is 3.62. The van der Waals surface area contributed by atoms with Crippen molar-refractivity contribution in [1.29, 1.82) is 0 Å². The van der Waals surface area contributed by atoms with Gasteiger partial charge in [0.25, 0.3) is 0 Å². The number of benzene rings is 4. The van der Waals surface area contributed by atoms with Gasteiger partial charge in [0.05, 0.1) is 0 Å². The Labute approximate surface area is 284 Å². The van der Waals surface area contributed by atoms with Crippen LogP contribution in [0.25, 0.3) is 11.1 Å². The second kappa shape index (κ2) is 14.2. The van der Waals surface area contributed by atoms with Gasteiger partial charge >= 0.3 is 128 Å². The van der Waals surface area contributed by atoms with E-state index in [4.69, 9.17) is 0 Å². The van der Waals surface area contributed by atoms with Crippen LogP contribution in [0.2, 0.25) is 0 Å². The fraction of sp³-hybridized carbons (Fsp3) is 0.256. The van der Waals surface area contributed by atoms with Crippen molar-refractivity contribution in [2.24, 2.45) is 0 Å². The van der Waals surface area contributed by atoms with Gasteiger partial charge in [-0.25, -0.2) is 12.2 Å². The van der Waals surface area contributed by atoms with E-state index in [1.165, 1.54) is 71.9 Å². The van der Waals surface area contributed by atoms with E-state index in [9.17, 15) is 0 Å². The summed E-state index contributed by atoms with van der Waals surface area (Å²) in [6.07, 6.45) is 11.0. The predicted molar refractivity (Wildman–Crippen MR) is 184 cm³/mol. The average Bonchev–Trinajstić information content (AvgIpc) is 3.63. The maximum atomic E-state index is 3.53. The first kappa shape index (κ1) is 33.0. The molecule has 0 nitrogen and oxygen atoms in total. The zero-order chi connectivity index (χ0) is 30.5. The Kier molecular flexibility index (Phi) is 11.2. The summed E-state index contributed by atoms with van der Waals surface area (Å²) in [6, 6.07) is 31.9. The van der Waals surface area contributed by atoms with Gasteiger partial charge in [0.1, 0.15) is 0 Å². The third-order valence-electron chi connectivity index (χ3n) is 7.34. The molecule has 3 heteroatoms. The Morgan fingerprint density at radius 2 is 1.33 bits per heavy atom. The standard InChI is InChI=1S/C21H25.C13H8Br2.C5H5.Zr/c1-20(2,3)16-9-7-14-11-15-8-10-17(21(4,5)6)13-19(15)18(14)12-16;14-12-5-1-3-10(8-12)7-11-4-2-6-13(15)9-11;1-2-4-5-3-1;/h7,9-10,12-13H,11H2,1-6H3;1-6,8-9H;1-3H,4H2;/q-1;;-1;+2. The molecule has 2 aliphatic rings. The summed E-state index contributed by atoms with van der Waals surface area (Å²) in [5, 5.41) is 0. The van der Waals surface area contributed by atoms with Crippen LogP contribution in [0.3, 0.4) is 0 Å². The van der Waals surface area contributed by atoms with Gasteiger partial charge in [-0.05, 0) is 17.4 Å². The molecule has 4 aromatic rings. The topological polar surface area (TPSA) is 0 Å². The molecule has 42 heavy (non-hydrogen) atoms. The normalized spacial score (nSPS) is 13.0. The maximum Gasteiger partial charge on any atom is -0.0132 e. The molecule has 0 spiro atoms. The molecule has 0 aliphatic heterocycles. The van der Waals surface area contributed by atoms with Gasteiger partial charge in [0.15, 0.2) is 0 Å². The van der Waals surface area contributed by atoms with Crippen LogP contribution in [-0.4, -0.2) is 3.21 Å². The first-order valence-corrected chi connectivity index (χ1v) is 17.2. The molecule has 0 aromatic heterocycles. The van der Waals surface area contributed by atoms with Crippen LogP contribution >= 0.6 is 31.9 Å². The number of rotatable bonds is 2. The maximum absolute atomic E-state index is 3.53. The zero-order valence-electron chi connectivity index (χ0n) is 25.4. The van der Waals surface area contributed by atoms with Crippen LogP contribution in [0.15, 0.2) is 106 Å². The molecule has 0 bridgehead atoms. The first-order chi connectivity index (χ1) is 19.8. The average molecular weight is 758 g/mol. The van der Waals surface area contributed by atoms with Crippen molar-refractivity contribution in [3.05, 3.63) is 152 Å². The second-order valence-electron chi connectivity index (χ2n) is 12.7. The number of halogens is 2. The number of allylic oxidation sites excluding steroid dienone is 4. The molecule has 212 valence electrons. The Bertz CT molecular complexity index is 1510. The minimum Gasteiger partial charge on any atom is -0.273 e. The van der Waals surface area contributed by atoms with Crippen LogP contribution in [0, 0.1) is 12.1 Å². The molecule has 0 atom stereocenters. The summed E-state index contributed by atoms with van der Waals surface area (Å²) in [5.74, 6) is 0. The van der Waals surface area contributed by atoms with Gasteiger partial charge < -0.3 is 0 Å². The van der Waals surface area contributed by atoms with E-state index in [1.54, 1.807) is 0 Å². The summed E-state index contributed by atoms with van der Waals surface area (Å²) >= 11 is 8.43. The SMILES string of the molecule is Brc1cccc([C](=[Zr+2])c2cccc(Br)c2)c1.CC(C)(C)c1c[c-]c2c(c1)-c1cc(C(C)(C)C)ccc1C2.[C-]1=CC=CC1. The molecule has 0 N–H and O–H groups in total. The molecule has 0 amide bonds. The van der Waals surface area contributed by atoms with Gasteiger partial charge in [0, 0.05) is 0 Å². The Morgan fingerprint density at radius 1 is 0.738 bits per heavy atom. The van der Waals surface area contributed by atoms with E-state index in [-0.39, 0.29) is 10.8 Å². The Hall–Kier alpha value is -1.93. The predicted octanol–water partition coefficient (Wildman–Crippen LogP) is 11.3. The number of hydrogen-bond acceptors (Lipinski definition) is 0. The van der Waals surface area contributed by atoms with E-state index >= 15 is 0 Å². The van der Waals surface area contributed by atoms with Crippen LogP contribution < -0.4 is 0 Å². The number of fused-ring (bicyclic) bond motifs is 3. The monoisotopic (exact) mass is 754 g/mol. The molecule has 6 rings (SSSR count). The Balaban J connectivity index is 0.000000170.